The van der Waals surface area contributed by atoms with Crippen LogP contribution in [0.15, 0.2) is 53.4 Å². The molecule has 0 atom stereocenters. The third-order valence-electron chi connectivity index (χ3n) is 2.99. The summed E-state index contributed by atoms with van der Waals surface area (Å²) < 4.78 is 10.9. The van der Waals surface area contributed by atoms with Gasteiger partial charge >= 0.3 is 0 Å². The van der Waals surface area contributed by atoms with E-state index in [0.717, 1.165) is 16.4 Å². The molecule has 4 nitrogen and oxygen atoms in total. The Morgan fingerprint density at radius 3 is 2.50 bits per heavy atom. The largest absolute Gasteiger partial charge is 0.494 e. The molecule has 0 saturated carbocycles. The van der Waals surface area contributed by atoms with Gasteiger partial charge in [-0.1, -0.05) is 17.7 Å². The zero-order chi connectivity index (χ0) is 17.2. The summed E-state index contributed by atoms with van der Waals surface area (Å²) in [6.07, 6.45) is 0. The van der Waals surface area contributed by atoms with Crippen LogP contribution in [0.2, 0.25) is 5.02 Å². The number of carbonyl (C=O) groups is 1. The van der Waals surface area contributed by atoms with Crippen molar-refractivity contribution in [2.24, 2.45) is 0 Å². The average Bonchev–Trinajstić information content (AvgIpc) is 2.59. The molecule has 0 bridgehead atoms. The van der Waals surface area contributed by atoms with Crippen LogP contribution < -0.4 is 14.8 Å². The summed E-state index contributed by atoms with van der Waals surface area (Å²) in [7, 11) is 0. The maximum atomic E-state index is 11.8. The van der Waals surface area contributed by atoms with Crippen molar-refractivity contribution in [2.75, 3.05) is 25.5 Å². The molecule has 0 fully saturated rings. The number of rotatable bonds is 9. The van der Waals surface area contributed by atoms with Crippen LogP contribution >= 0.6 is 23.4 Å². The van der Waals surface area contributed by atoms with E-state index in [1.807, 2.05) is 55.5 Å². The van der Waals surface area contributed by atoms with Crippen molar-refractivity contribution < 1.29 is 14.3 Å². The molecule has 2 rings (SSSR count). The lowest BCUT2D eigenvalue weighted by Crippen LogP contribution is -2.29. The number of carbonyl (C=O) groups excluding carboxylic acids is 1. The summed E-state index contributed by atoms with van der Waals surface area (Å²) in [6, 6.07) is 14.9. The van der Waals surface area contributed by atoms with Gasteiger partial charge in [0.2, 0.25) is 5.91 Å². The van der Waals surface area contributed by atoms with E-state index in [1.54, 1.807) is 0 Å². The van der Waals surface area contributed by atoms with Gasteiger partial charge in [-0.25, -0.2) is 0 Å². The Labute approximate surface area is 151 Å². The predicted molar refractivity (Wildman–Crippen MR) is 98.3 cm³/mol. The van der Waals surface area contributed by atoms with Crippen molar-refractivity contribution in [3.05, 3.63) is 53.6 Å². The highest BCUT2D eigenvalue weighted by atomic mass is 35.5. The van der Waals surface area contributed by atoms with Crippen LogP contribution in [0.4, 0.5) is 0 Å². The van der Waals surface area contributed by atoms with E-state index in [1.165, 1.54) is 11.8 Å². The van der Waals surface area contributed by atoms with Crippen molar-refractivity contribution in [2.45, 2.75) is 11.8 Å². The fraction of sp³-hybridized carbons (Fsp3) is 0.278. The van der Waals surface area contributed by atoms with Gasteiger partial charge in [0, 0.05) is 9.92 Å². The van der Waals surface area contributed by atoms with Gasteiger partial charge in [0.05, 0.1) is 18.9 Å². The molecule has 24 heavy (non-hydrogen) atoms. The molecule has 6 heteroatoms. The summed E-state index contributed by atoms with van der Waals surface area (Å²) >= 11 is 7.36. The summed E-state index contributed by atoms with van der Waals surface area (Å²) in [6.45, 7) is 3.46. The number of hydrogen-bond donors (Lipinski definition) is 1. The van der Waals surface area contributed by atoms with Gasteiger partial charge in [0.25, 0.3) is 0 Å². The first-order valence-corrected chi connectivity index (χ1v) is 9.04. The highest BCUT2D eigenvalue weighted by Gasteiger charge is 2.03. The van der Waals surface area contributed by atoms with E-state index >= 15 is 0 Å². The molecule has 1 amide bonds. The van der Waals surface area contributed by atoms with Gasteiger partial charge in [-0.05, 0) is 49.4 Å². The Morgan fingerprint density at radius 2 is 1.83 bits per heavy atom. The first-order chi connectivity index (χ1) is 11.7. The van der Waals surface area contributed by atoms with Gasteiger partial charge in [-0.2, -0.15) is 0 Å². The SMILES string of the molecule is CCOc1ccc(OCCNC(=O)CSc2cccc(Cl)c2)cc1. The maximum absolute atomic E-state index is 11.8. The number of halogens is 1. The topological polar surface area (TPSA) is 47.6 Å². The van der Waals surface area contributed by atoms with Gasteiger partial charge in [0.1, 0.15) is 18.1 Å². The fourth-order valence-electron chi connectivity index (χ4n) is 1.91. The Hall–Kier alpha value is -1.85. The molecule has 0 saturated heterocycles. The van der Waals surface area contributed by atoms with Crippen molar-refractivity contribution >= 4 is 29.3 Å². The molecule has 0 aromatic heterocycles. The molecule has 128 valence electrons. The molecule has 1 N–H and O–H groups in total. The van der Waals surface area contributed by atoms with Crippen molar-refractivity contribution in [1.29, 1.82) is 0 Å². The quantitative estimate of drug-likeness (QED) is 0.538. The van der Waals surface area contributed by atoms with Gasteiger partial charge in [0.15, 0.2) is 0 Å². The number of nitrogens with one attached hydrogen (secondary N) is 1. The highest BCUT2D eigenvalue weighted by molar-refractivity contribution is 8.00. The number of benzene rings is 2. The van der Waals surface area contributed by atoms with Crippen molar-refractivity contribution in [3.63, 3.8) is 0 Å². The van der Waals surface area contributed by atoms with Crippen LogP contribution in [0, 0.1) is 0 Å². The van der Waals surface area contributed by atoms with Crippen LogP contribution in [-0.2, 0) is 4.79 Å². The Morgan fingerprint density at radius 1 is 1.12 bits per heavy atom. The van der Waals surface area contributed by atoms with Gasteiger partial charge < -0.3 is 14.8 Å². The standard InChI is InChI=1S/C18H20ClNO3S/c1-2-22-15-6-8-16(9-7-15)23-11-10-20-18(21)13-24-17-5-3-4-14(19)12-17/h3-9,12H,2,10-11,13H2,1H3,(H,20,21). The minimum Gasteiger partial charge on any atom is -0.494 e. The van der Waals surface area contributed by atoms with E-state index in [4.69, 9.17) is 21.1 Å². The molecule has 0 aliphatic rings. The second-order valence-electron chi connectivity index (χ2n) is 4.85. The minimum atomic E-state index is -0.0322. The molecule has 0 spiro atoms. The number of amides is 1. The monoisotopic (exact) mass is 365 g/mol. The third kappa shape index (κ3) is 6.72. The Kier molecular flexibility index (Phi) is 7.79. The summed E-state index contributed by atoms with van der Waals surface area (Å²) in [5, 5.41) is 3.50. The smallest absolute Gasteiger partial charge is 0.230 e. The second kappa shape index (κ2) is 10.1. The maximum Gasteiger partial charge on any atom is 0.230 e. The van der Waals surface area contributed by atoms with Crippen LogP contribution in [0.25, 0.3) is 0 Å². The molecular formula is C18H20ClNO3S. The Balaban J connectivity index is 1.62. The van der Waals surface area contributed by atoms with Crippen LogP contribution in [0.1, 0.15) is 6.92 Å². The lowest BCUT2D eigenvalue weighted by atomic mass is 10.3. The minimum absolute atomic E-state index is 0.0322. The van der Waals surface area contributed by atoms with Crippen LogP contribution in [0.5, 0.6) is 11.5 Å². The average molecular weight is 366 g/mol. The molecule has 2 aromatic carbocycles. The first kappa shape index (κ1) is 18.5. The number of thioether (sulfide) groups is 1. The Bertz CT molecular complexity index is 649. The van der Waals surface area contributed by atoms with E-state index in [-0.39, 0.29) is 5.91 Å². The summed E-state index contributed by atoms with van der Waals surface area (Å²) in [4.78, 5) is 12.8. The highest BCUT2D eigenvalue weighted by Crippen LogP contribution is 2.21. The predicted octanol–water partition coefficient (Wildman–Crippen LogP) is 4.03. The van der Waals surface area contributed by atoms with E-state index < -0.39 is 0 Å². The van der Waals surface area contributed by atoms with Crippen LogP contribution in [-0.4, -0.2) is 31.4 Å². The van der Waals surface area contributed by atoms with E-state index in [0.29, 0.717) is 30.5 Å². The van der Waals surface area contributed by atoms with E-state index in [2.05, 4.69) is 5.32 Å². The third-order valence-corrected chi connectivity index (χ3v) is 4.22. The normalized spacial score (nSPS) is 10.2. The van der Waals surface area contributed by atoms with Crippen LogP contribution in [0.3, 0.4) is 0 Å². The lowest BCUT2D eigenvalue weighted by molar-refractivity contribution is -0.118. The summed E-state index contributed by atoms with van der Waals surface area (Å²) in [5.41, 5.74) is 0. The lowest BCUT2D eigenvalue weighted by Gasteiger charge is -2.09. The van der Waals surface area contributed by atoms with Crippen molar-refractivity contribution in [1.82, 2.24) is 5.32 Å². The first-order valence-electron chi connectivity index (χ1n) is 7.68. The fourth-order valence-corrected chi connectivity index (χ4v) is 2.95. The molecular weight excluding hydrogens is 346 g/mol. The van der Waals surface area contributed by atoms with Gasteiger partial charge in [-0.3, -0.25) is 4.79 Å². The molecule has 0 aliphatic heterocycles. The van der Waals surface area contributed by atoms with Crippen molar-refractivity contribution in [3.8, 4) is 11.5 Å². The molecule has 0 aliphatic carbocycles. The molecule has 2 aromatic rings. The molecule has 0 unspecified atom stereocenters. The second-order valence-corrected chi connectivity index (χ2v) is 6.33. The van der Waals surface area contributed by atoms with E-state index in [9.17, 15) is 4.79 Å². The summed E-state index contributed by atoms with van der Waals surface area (Å²) in [5.74, 6) is 1.89. The zero-order valence-electron chi connectivity index (χ0n) is 13.5. The zero-order valence-corrected chi connectivity index (χ0v) is 15.0. The molecule has 0 radical (unpaired) electrons. The number of hydrogen-bond acceptors (Lipinski definition) is 4. The molecule has 0 heterocycles. The number of ether oxygens (including phenoxy) is 2. The van der Waals surface area contributed by atoms with Gasteiger partial charge in [-0.15, -0.1) is 11.8 Å².